The Bertz CT molecular complexity index is 215. The van der Waals surface area contributed by atoms with Crippen molar-refractivity contribution in [3.63, 3.8) is 0 Å². The van der Waals surface area contributed by atoms with Gasteiger partial charge in [0.1, 0.15) is 0 Å². The lowest BCUT2D eigenvalue weighted by molar-refractivity contribution is 0.143. The maximum atomic E-state index is 9.86. The van der Waals surface area contributed by atoms with E-state index < -0.39 is 0 Å². The van der Waals surface area contributed by atoms with Gasteiger partial charge in [-0.15, -0.1) is 0 Å². The summed E-state index contributed by atoms with van der Waals surface area (Å²) in [6.07, 6.45) is 12.0. The summed E-state index contributed by atoms with van der Waals surface area (Å²) in [5.41, 5.74) is 0. The molecule has 3 unspecified atom stereocenters. The Morgan fingerprint density at radius 2 is 1.94 bits per heavy atom. The zero-order valence-corrected chi connectivity index (χ0v) is 11.3. The Morgan fingerprint density at radius 1 is 1.12 bits per heavy atom. The first-order valence-corrected chi connectivity index (χ1v) is 7.71. The topological polar surface area (TPSA) is 32.3 Å². The third kappa shape index (κ3) is 4.59. The smallest absolute Gasteiger partial charge is 0.0692 e. The Labute approximate surface area is 106 Å². The van der Waals surface area contributed by atoms with Crippen LogP contribution < -0.4 is 5.32 Å². The van der Waals surface area contributed by atoms with E-state index in [-0.39, 0.29) is 6.10 Å². The van der Waals surface area contributed by atoms with Crippen LogP contribution in [0.4, 0.5) is 0 Å². The minimum absolute atomic E-state index is 0.0790. The van der Waals surface area contributed by atoms with E-state index in [0.29, 0.717) is 12.0 Å². The van der Waals surface area contributed by atoms with Gasteiger partial charge in [0.05, 0.1) is 6.10 Å². The van der Waals surface area contributed by atoms with Crippen LogP contribution in [0.3, 0.4) is 0 Å². The highest BCUT2D eigenvalue weighted by Crippen LogP contribution is 2.32. The standard InChI is InChI=1S/C15H29NO/c1-2-4-12-5-3-6-14(10-7-12)16-11-15(17)13-8-9-13/h12-17H,2-11H2,1H3. The minimum atomic E-state index is -0.0790. The fourth-order valence-electron chi connectivity index (χ4n) is 3.21. The molecule has 0 saturated heterocycles. The quantitative estimate of drug-likeness (QED) is 0.698. The lowest BCUT2D eigenvalue weighted by Crippen LogP contribution is -2.36. The van der Waals surface area contributed by atoms with Crippen molar-refractivity contribution in [3.05, 3.63) is 0 Å². The van der Waals surface area contributed by atoms with Crippen LogP contribution in [0.2, 0.25) is 0 Å². The fraction of sp³-hybridized carbons (Fsp3) is 1.00. The summed E-state index contributed by atoms with van der Waals surface area (Å²) in [7, 11) is 0. The van der Waals surface area contributed by atoms with Crippen LogP contribution in [0.5, 0.6) is 0 Å². The van der Waals surface area contributed by atoms with Crippen molar-refractivity contribution in [2.24, 2.45) is 11.8 Å². The third-order valence-corrected chi connectivity index (χ3v) is 4.57. The van der Waals surface area contributed by atoms with Crippen LogP contribution in [0, 0.1) is 11.8 Å². The SMILES string of the molecule is CCCC1CCCC(NCC(O)C2CC2)CC1. The van der Waals surface area contributed by atoms with E-state index in [4.69, 9.17) is 0 Å². The summed E-state index contributed by atoms with van der Waals surface area (Å²) in [6, 6.07) is 0.672. The first kappa shape index (κ1) is 13.4. The highest BCUT2D eigenvalue weighted by atomic mass is 16.3. The van der Waals surface area contributed by atoms with Gasteiger partial charge >= 0.3 is 0 Å². The van der Waals surface area contributed by atoms with Crippen LogP contribution in [0.15, 0.2) is 0 Å². The van der Waals surface area contributed by atoms with Gasteiger partial charge in [0.25, 0.3) is 0 Å². The molecule has 0 aliphatic heterocycles. The van der Waals surface area contributed by atoms with Crippen molar-refractivity contribution in [2.75, 3.05) is 6.54 Å². The van der Waals surface area contributed by atoms with Crippen LogP contribution >= 0.6 is 0 Å². The molecular formula is C15H29NO. The molecule has 2 N–H and O–H groups in total. The molecule has 2 saturated carbocycles. The molecule has 0 aromatic carbocycles. The molecular weight excluding hydrogens is 210 g/mol. The molecule has 2 aliphatic carbocycles. The molecule has 2 fully saturated rings. The maximum absolute atomic E-state index is 9.86. The second-order valence-electron chi connectivity index (χ2n) is 6.17. The molecule has 0 heterocycles. The average Bonchev–Trinajstić information content (AvgIpc) is 3.14. The van der Waals surface area contributed by atoms with Gasteiger partial charge in [-0.1, -0.05) is 32.6 Å². The van der Waals surface area contributed by atoms with E-state index in [0.717, 1.165) is 12.5 Å². The Balaban J connectivity index is 1.63. The molecule has 17 heavy (non-hydrogen) atoms. The summed E-state index contributed by atoms with van der Waals surface area (Å²) in [6.45, 7) is 3.13. The number of hydrogen-bond donors (Lipinski definition) is 2. The van der Waals surface area contributed by atoms with Gasteiger partial charge in [-0.3, -0.25) is 0 Å². The molecule has 2 rings (SSSR count). The predicted molar refractivity (Wildman–Crippen MR) is 72.0 cm³/mol. The van der Waals surface area contributed by atoms with Crippen molar-refractivity contribution in [2.45, 2.75) is 76.9 Å². The molecule has 2 heteroatoms. The highest BCUT2D eigenvalue weighted by Gasteiger charge is 2.30. The summed E-state index contributed by atoms with van der Waals surface area (Å²) in [5.74, 6) is 1.58. The van der Waals surface area contributed by atoms with Crippen LogP contribution in [0.25, 0.3) is 0 Å². The molecule has 2 aliphatic rings. The van der Waals surface area contributed by atoms with Crippen molar-refractivity contribution in [1.29, 1.82) is 0 Å². The van der Waals surface area contributed by atoms with Crippen LogP contribution in [-0.2, 0) is 0 Å². The molecule has 0 bridgehead atoms. The number of hydrogen-bond acceptors (Lipinski definition) is 2. The Kier molecular flexibility index (Phi) is 5.30. The summed E-state index contributed by atoms with van der Waals surface area (Å²) < 4.78 is 0. The zero-order valence-electron chi connectivity index (χ0n) is 11.3. The first-order chi connectivity index (χ1) is 8.29. The maximum Gasteiger partial charge on any atom is 0.0692 e. The van der Waals surface area contributed by atoms with E-state index in [1.54, 1.807) is 0 Å². The zero-order chi connectivity index (χ0) is 12.1. The highest BCUT2D eigenvalue weighted by molar-refractivity contribution is 4.84. The third-order valence-electron chi connectivity index (χ3n) is 4.57. The van der Waals surface area contributed by atoms with Gasteiger partial charge < -0.3 is 10.4 Å². The van der Waals surface area contributed by atoms with Gasteiger partial charge in [-0.05, 0) is 43.9 Å². The molecule has 0 amide bonds. The van der Waals surface area contributed by atoms with Crippen molar-refractivity contribution in [1.82, 2.24) is 5.32 Å². The van der Waals surface area contributed by atoms with Crippen molar-refractivity contribution in [3.8, 4) is 0 Å². The second kappa shape index (κ2) is 6.75. The summed E-state index contributed by atoms with van der Waals surface area (Å²) >= 11 is 0. The van der Waals surface area contributed by atoms with Gasteiger partial charge in [0.2, 0.25) is 0 Å². The van der Waals surface area contributed by atoms with Gasteiger partial charge in [0.15, 0.2) is 0 Å². The molecule has 3 atom stereocenters. The number of aliphatic hydroxyl groups excluding tert-OH is 1. The van der Waals surface area contributed by atoms with E-state index >= 15 is 0 Å². The molecule has 0 spiro atoms. The van der Waals surface area contributed by atoms with Crippen molar-refractivity contribution < 1.29 is 5.11 Å². The summed E-state index contributed by atoms with van der Waals surface area (Å²) in [4.78, 5) is 0. The number of rotatable bonds is 6. The van der Waals surface area contributed by atoms with Crippen LogP contribution in [-0.4, -0.2) is 23.8 Å². The first-order valence-electron chi connectivity index (χ1n) is 7.71. The summed E-state index contributed by atoms with van der Waals surface area (Å²) in [5, 5.41) is 13.5. The van der Waals surface area contributed by atoms with E-state index in [2.05, 4.69) is 12.2 Å². The largest absolute Gasteiger partial charge is 0.392 e. The number of nitrogens with one attached hydrogen (secondary N) is 1. The molecule has 0 aromatic rings. The van der Waals surface area contributed by atoms with Gasteiger partial charge in [0, 0.05) is 12.6 Å². The Hall–Kier alpha value is -0.0800. The molecule has 100 valence electrons. The number of aliphatic hydroxyl groups is 1. The molecule has 0 radical (unpaired) electrons. The van der Waals surface area contributed by atoms with E-state index in [1.807, 2.05) is 0 Å². The van der Waals surface area contributed by atoms with Crippen LogP contribution in [0.1, 0.15) is 64.7 Å². The van der Waals surface area contributed by atoms with Gasteiger partial charge in [-0.2, -0.15) is 0 Å². The monoisotopic (exact) mass is 239 g/mol. The Morgan fingerprint density at radius 3 is 2.65 bits per heavy atom. The average molecular weight is 239 g/mol. The molecule has 2 nitrogen and oxygen atoms in total. The van der Waals surface area contributed by atoms with Gasteiger partial charge in [-0.25, -0.2) is 0 Å². The normalized spacial score (nSPS) is 32.1. The molecule has 0 aromatic heterocycles. The lowest BCUT2D eigenvalue weighted by atomic mass is 9.95. The predicted octanol–water partition coefficient (Wildman–Crippen LogP) is 3.10. The minimum Gasteiger partial charge on any atom is -0.392 e. The lowest BCUT2D eigenvalue weighted by Gasteiger charge is -2.19. The van der Waals surface area contributed by atoms with Crippen molar-refractivity contribution >= 4 is 0 Å². The van der Waals surface area contributed by atoms with E-state index in [1.165, 1.54) is 57.8 Å². The second-order valence-corrected chi connectivity index (χ2v) is 6.17. The van der Waals surface area contributed by atoms with E-state index in [9.17, 15) is 5.11 Å². The fourth-order valence-corrected chi connectivity index (χ4v) is 3.21.